The first-order chi connectivity index (χ1) is 8.77. The second kappa shape index (κ2) is 4.57. The van der Waals surface area contributed by atoms with Gasteiger partial charge in [0.2, 0.25) is 10.0 Å². The lowest BCUT2D eigenvalue weighted by atomic mass is 9.90. The van der Waals surface area contributed by atoms with E-state index in [1.54, 1.807) is 0 Å². The summed E-state index contributed by atoms with van der Waals surface area (Å²) in [6.45, 7) is 1.44. The lowest BCUT2D eigenvalue weighted by Gasteiger charge is -2.20. The largest absolute Gasteiger partial charge is 0.481 e. The number of aliphatic carboxylic acids is 1. The maximum Gasteiger partial charge on any atom is 0.310 e. The lowest BCUT2D eigenvalue weighted by Crippen LogP contribution is -2.35. The van der Waals surface area contributed by atoms with Crippen LogP contribution in [0.1, 0.15) is 13.3 Å². The summed E-state index contributed by atoms with van der Waals surface area (Å²) in [4.78, 5) is 10.7. The predicted molar refractivity (Wildman–Crippen MR) is 65.5 cm³/mol. The Kier molecular flexibility index (Phi) is 3.36. The second-order valence-electron chi connectivity index (χ2n) is 4.88. The summed E-state index contributed by atoms with van der Waals surface area (Å²) in [7, 11) is -3.98. The fraction of sp³-hybridized carbons (Fsp3) is 0.417. The average molecular weight is 287 g/mol. The molecule has 0 spiro atoms. The molecular formula is C12H14FNO4S. The van der Waals surface area contributed by atoms with E-state index >= 15 is 0 Å². The first-order valence-electron chi connectivity index (χ1n) is 5.75. The minimum absolute atomic E-state index is 0.0828. The molecule has 5 nitrogen and oxygen atoms in total. The molecule has 7 heteroatoms. The van der Waals surface area contributed by atoms with Crippen LogP contribution in [0.3, 0.4) is 0 Å². The third-order valence-corrected chi connectivity index (χ3v) is 5.29. The van der Waals surface area contributed by atoms with Gasteiger partial charge in [0, 0.05) is 13.1 Å². The zero-order valence-corrected chi connectivity index (χ0v) is 11.2. The third-order valence-electron chi connectivity index (χ3n) is 3.41. The first-order valence-corrected chi connectivity index (χ1v) is 7.19. The number of rotatable bonds is 3. The number of carboxylic acids is 1. The van der Waals surface area contributed by atoms with Crippen molar-refractivity contribution in [3.8, 4) is 0 Å². The van der Waals surface area contributed by atoms with Crippen molar-refractivity contribution in [1.82, 2.24) is 4.31 Å². The Bertz CT molecular complexity index is 616. The molecule has 1 heterocycles. The van der Waals surface area contributed by atoms with Crippen molar-refractivity contribution in [2.75, 3.05) is 13.1 Å². The fourth-order valence-corrected chi connectivity index (χ4v) is 3.72. The zero-order valence-electron chi connectivity index (χ0n) is 10.3. The van der Waals surface area contributed by atoms with Crippen LogP contribution >= 0.6 is 0 Å². The van der Waals surface area contributed by atoms with Gasteiger partial charge in [-0.2, -0.15) is 4.31 Å². The van der Waals surface area contributed by atoms with Crippen molar-refractivity contribution >= 4 is 16.0 Å². The van der Waals surface area contributed by atoms with Crippen LogP contribution in [-0.2, 0) is 14.8 Å². The summed E-state index contributed by atoms with van der Waals surface area (Å²) < 4.78 is 39.1. The van der Waals surface area contributed by atoms with E-state index in [0.717, 1.165) is 10.4 Å². The van der Waals surface area contributed by atoms with Gasteiger partial charge in [-0.05, 0) is 25.5 Å². The lowest BCUT2D eigenvalue weighted by molar-refractivity contribution is -0.146. The molecule has 0 aliphatic carbocycles. The summed E-state index contributed by atoms with van der Waals surface area (Å²) >= 11 is 0. The molecule has 0 bridgehead atoms. The molecule has 0 amide bonds. The van der Waals surface area contributed by atoms with Crippen molar-refractivity contribution in [3.05, 3.63) is 30.1 Å². The molecule has 1 saturated heterocycles. The van der Waals surface area contributed by atoms with Gasteiger partial charge in [0.25, 0.3) is 0 Å². The van der Waals surface area contributed by atoms with E-state index in [0.29, 0.717) is 0 Å². The topological polar surface area (TPSA) is 74.7 Å². The Labute approximate surface area is 110 Å². The van der Waals surface area contributed by atoms with Crippen molar-refractivity contribution in [2.24, 2.45) is 5.41 Å². The Morgan fingerprint density at radius 3 is 2.58 bits per heavy atom. The minimum Gasteiger partial charge on any atom is -0.481 e. The van der Waals surface area contributed by atoms with Gasteiger partial charge in [-0.15, -0.1) is 0 Å². The molecule has 1 atom stereocenters. The standard InChI is InChI=1S/C12H14FNO4S/c1-12(11(15)16)6-7-14(8-12)19(17,18)10-5-3-2-4-9(10)13/h2-5H,6-8H2,1H3,(H,15,16). The third kappa shape index (κ3) is 2.35. The normalized spacial score (nSPS) is 24.5. The highest BCUT2D eigenvalue weighted by atomic mass is 32.2. The number of benzene rings is 1. The van der Waals surface area contributed by atoms with Crippen LogP contribution in [0.4, 0.5) is 4.39 Å². The highest BCUT2D eigenvalue weighted by Gasteiger charge is 2.45. The molecule has 2 rings (SSSR count). The molecule has 0 aromatic heterocycles. The van der Waals surface area contributed by atoms with E-state index in [-0.39, 0.29) is 19.5 Å². The van der Waals surface area contributed by atoms with Crippen LogP contribution < -0.4 is 0 Å². The van der Waals surface area contributed by atoms with Gasteiger partial charge in [-0.1, -0.05) is 12.1 Å². The molecule has 19 heavy (non-hydrogen) atoms. The minimum atomic E-state index is -3.98. The molecule has 1 aliphatic rings. The van der Waals surface area contributed by atoms with Crippen LogP contribution in [0.25, 0.3) is 0 Å². The van der Waals surface area contributed by atoms with Gasteiger partial charge >= 0.3 is 5.97 Å². The SMILES string of the molecule is CC1(C(=O)O)CCN(S(=O)(=O)c2ccccc2F)C1. The quantitative estimate of drug-likeness (QED) is 0.909. The molecule has 0 radical (unpaired) electrons. The number of halogens is 1. The van der Waals surface area contributed by atoms with E-state index in [1.165, 1.54) is 25.1 Å². The zero-order chi connectivity index (χ0) is 14.3. The molecule has 1 fully saturated rings. The predicted octanol–water partition coefficient (Wildman–Crippen LogP) is 1.31. The highest BCUT2D eigenvalue weighted by molar-refractivity contribution is 7.89. The van der Waals surface area contributed by atoms with Crippen LogP contribution in [-0.4, -0.2) is 36.9 Å². The van der Waals surface area contributed by atoms with Crippen molar-refractivity contribution < 1.29 is 22.7 Å². The van der Waals surface area contributed by atoms with Crippen LogP contribution in [0, 0.1) is 11.2 Å². The van der Waals surface area contributed by atoms with Gasteiger partial charge in [0.15, 0.2) is 0 Å². The number of hydrogen-bond acceptors (Lipinski definition) is 3. The van der Waals surface area contributed by atoms with Crippen molar-refractivity contribution in [1.29, 1.82) is 0 Å². The van der Waals surface area contributed by atoms with E-state index in [1.807, 2.05) is 0 Å². The summed E-state index contributed by atoms with van der Waals surface area (Å²) in [6, 6.07) is 5.09. The van der Waals surface area contributed by atoms with Crippen LogP contribution in [0.2, 0.25) is 0 Å². The monoisotopic (exact) mass is 287 g/mol. The van der Waals surface area contributed by atoms with Gasteiger partial charge < -0.3 is 5.11 Å². The molecular weight excluding hydrogens is 273 g/mol. The van der Waals surface area contributed by atoms with Crippen molar-refractivity contribution in [2.45, 2.75) is 18.2 Å². The highest BCUT2D eigenvalue weighted by Crippen LogP contribution is 2.34. The van der Waals surface area contributed by atoms with Gasteiger partial charge in [0.1, 0.15) is 10.7 Å². The first kappa shape index (κ1) is 14.0. The number of nitrogens with zero attached hydrogens (tertiary/aromatic N) is 1. The molecule has 104 valence electrons. The van der Waals surface area contributed by atoms with E-state index in [9.17, 15) is 17.6 Å². The molecule has 1 N–H and O–H groups in total. The number of hydrogen-bond donors (Lipinski definition) is 1. The molecule has 1 unspecified atom stereocenters. The summed E-state index contributed by atoms with van der Waals surface area (Å²) in [5.41, 5.74) is -1.11. The number of carbonyl (C=O) groups is 1. The number of carboxylic acid groups (broad SMARTS) is 1. The summed E-state index contributed by atoms with van der Waals surface area (Å²) in [6.07, 6.45) is 0.218. The molecule has 0 saturated carbocycles. The fourth-order valence-electron chi connectivity index (χ4n) is 2.09. The van der Waals surface area contributed by atoms with Crippen LogP contribution in [0.15, 0.2) is 29.2 Å². The second-order valence-corrected chi connectivity index (χ2v) is 6.79. The summed E-state index contributed by atoms with van der Waals surface area (Å²) in [5, 5.41) is 9.09. The average Bonchev–Trinajstić information content (AvgIpc) is 2.74. The van der Waals surface area contributed by atoms with E-state index in [4.69, 9.17) is 5.11 Å². The summed E-state index contributed by atoms with van der Waals surface area (Å²) in [5.74, 6) is -1.87. The molecule has 1 aromatic rings. The smallest absolute Gasteiger partial charge is 0.310 e. The van der Waals surface area contributed by atoms with Gasteiger partial charge in [0.05, 0.1) is 5.41 Å². The van der Waals surface area contributed by atoms with E-state index in [2.05, 4.69) is 0 Å². The van der Waals surface area contributed by atoms with Gasteiger partial charge in [-0.3, -0.25) is 4.79 Å². The number of sulfonamides is 1. The van der Waals surface area contributed by atoms with E-state index < -0.39 is 32.1 Å². The van der Waals surface area contributed by atoms with Crippen molar-refractivity contribution in [3.63, 3.8) is 0 Å². The van der Waals surface area contributed by atoms with Gasteiger partial charge in [-0.25, -0.2) is 12.8 Å². The Morgan fingerprint density at radius 2 is 2.05 bits per heavy atom. The Balaban J connectivity index is 2.34. The Hall–Kier alpha value is -1.47. The maximum absolute atomic E-state index is 13.6. The Morgan fingerprint density at radius 1 is 1.42 bits per heavy atom. The molecule has 1 aliphatic heterocycles. The molecule has 1 aromatic carbocycles. The van der Waals surface area contributed by atoms with Crippen LogP contribution in [0.5, 0.6) is 0 Å². The maximum atomic E-state index is 13.6.